The van der Waals surface area contributed by atoms with Gasteiger partial charge in [0.1, 0.15) is 17.3 Å². The van der Waals surface area contributed by atoms with Crippen molar-refractivity contribution in [2.45, 2.75) is 24.4 Å². The Labute approximate surface area is 186 Å². The molecule has 2 unspecified atom stereocenters. The number of likely N-dealkylation sites (tertiary alicyclic amines) is 1. The van der Waals surface area contributed by atoms with E-state index in [1.165, 1.54) is 0 Å². The molecule has 1 spiro atoms. The molecule has 8 heteroatoms. The monoisotopic (exact) mass is 430 g/mol. The van der Waals surface area contributed by atoms with Crippen molar-refractivity contribution in [1.29, 1.82) is 0 Å². The Morgan fingerprint density at radius 3 is 2.75 bits per heavy atom. The normalized spacial score (nSPS) is 21.9. The molecule has 2 aliphatic heterocycles. The molecule has 0 radical (unpaired) electrons. The van der Waals surface area contributed by atoms with Crippen LogP contribution < -0.4 is 5.32 Å². The number of nitrogens with zero attached hydrogens (tertiary/aromatic N) is 5. The van der Waals surface area contributed by atoms with Gasteiger partial charge in [0.25, 0.3) is 0 Å². The van der Waals surface area contributed by atoms with E-state index in [1.54, 1.807) is 18.6 Å². The highest BCUT2D eigenvalue weighted by Gasteiger charge is 2.60. The van der Waals surface area contributed by atoms with Crippen LogP contribution in [-0.2, 0) is 28.6 Å². The van der Waals surface area contributed by atoms with E-state index in [2.05, 4.69) is 15.3 Å². The van der Waals surface area contributed by atoms with Crippen molar-refractivity contribution < 1.29 is 9.59 Å². The summed E-state index contributed by atoms with van der Waals surface area (Å²) in [4.78, 5) is 39.4. The Bertz CT molecular complexity index is 1160. The highest BCUT2D eigenvalue weighted by Crippen LogP contribution is 2.54. The Balaban J connectivity index is 1.47. The van der Waals surface area contributed by atoms with E-state index in [0.717, 1.165) is 22.6 Å². The third kappa shape index (κ3) is 3.18. The first-order valence-corrected chi connectivity index (χ1v) is 10.8. The molecule has 5 rings (SSSR count). The lowest BCUT2D eigenvalue weighted by Crippen LogP contribution is -2.45. The van der Waals surface area contributed by atoms with Gasteiger partial charge in [0, 0.05) is 50.6 Å². The van der Waals surface area contributed by atoms with Crippen molar-refractivity contribution >= 4 is 17.5 Å². The van der Waals surface area contributed by atoms with Gasteiger partial charge in [-0.25, -0.2) is 4.98 Å². The fourth-order valence-electron chi connectivity index (χ4n) is 5.13. The summed E-state index contributed by atoms with van der Waals surface area (Å²) >= 11 is 0. The van der Waals surface area contributed by atoms with Crippen LogP contribution in [0, 0.1) is 0 Å². The molecule has 164 valence electrons. The van der Waals surface area contributed by atoms with E-state index < -0.39 is 11.5 Å². The molecule has 3 aromatic rings. The van der Waals surface area contributed by atoms with Gasteiger partial charge in [0.05, 0.1) is 6.54 Å². The van der Waals surface area contributed by atoms with Crippen molar-refractivity contribution in [2.24, 2.45) is 7.05 Å². The number of carbonyl (C=O) groups is 2. The number of benzene rings is 1. The number of rotatable bonds is 5. The number of hydrogen-bond donors (Lipinski definition) is 1. The Hall–Kier alpha value is -3.52. The number of imidazole rings is 1. The maximum Gasteiger partial charge on any atom is 0.237 e. The van der Waals surface area contributed by atoms with E-state index in [-0.39, 0.29) is 18.4 Å². The molecule has 32 heavy (non-hydrogen) atoms. The van der Waals surface area contributed by atoms with Crippen LogP contribution in [0.2, 0.25) is 0 Å². The first-order chi connectivity index (χ1) is 15.5. The summed E-state index contributed by atoms with van der Waals surface area (Å²) < 4.78 is 1.91. The number of anilines is 1. The minimum atomic E-state index is -0.838. The van der Waals surface area contributed by atoms with Crippen LogP contribution in [0.25, 0.3) is 0 Å². The van der Waals surface area contributed by atoms with Gasteiger partial charge < -0.3 is 14.8 Å². The quantitative estimate of drug-likeness (QED) is 0.670. The minimum absolute atomic E-state index is 0.0105. The number of fused-ring (bicyclic) bond motifs is 2. The predicted octanol–water partition coefficient (Wildman–Crippen LogP) is 2.11. The van der Waals surface area contributed by atoms with Crippen LogP contribution in [0.4, 0.5) is 5.69 Å². The van der Waals surface area contributed by atoms with Crippen LogP contribution in [-0.4, -0.2) is 56.3 Å². The number of likely N-dealkylation sites (N-methyl/N-ethyl adjacent to an activating group) is 1. The molecule has 8 nitrogen and oxygen atoms in total. The third-order valence-electron chi connectivity index (χ3n) is 6.62. The number of aryl methyl sites for hydroxylation is 1. The van der Waals surface area contributed by atoms with Crippen molar-refractivity contribution in [3.8, 4) is 0 Å². The molecule has 0 bridgehead atoms. The first kappa shape index (κ1) is 20.4. The highest BCUT2D eigenvalue weighted by atomic mass is 16.2. The zero-order valence-electron chi connectivity index (χ0n) is 18.2. The molecular weight excluding hydrogens is 404 g/mol. The molecular formula is C24H26N6O2. The van der Waals surface area contributed by atoms with Crippen LogP contribution in [0.5, 0.6) is 0 Å². The average molecular weight is 431 g/mol. The first-order valence-electron chi connectivity index (χ1n) is 10.8. The average Bonchev–Trinajstić information content (AvgIpc) is 3.45. The van der Waals surface area contributed by atoms with Crippen LogP contribution in [0.15, 0.2) is 61.2 Å². The zero-order chi connectivity index (χ0) is 22.3. The molecule has 4 heterocycles. The topological polar surface area (TPSA) is 83.4 Å². The number of nitrogens with one attached hydrogen (secondary N) is 1. The molecule has 0 aliphatic carbocycles. The largest absolute Gasteiger partial charge is 0.336 e. The van der Waals surface area contributed by atoms with E-state index >= 15 is 0 Å². The van der Waals surface area contributed by atoms with E-state index in [9.17, 15) is 9.59 Å². The number of pyridine rings is 1. The van der Waals surface area contributed by atoms with Gasteiger partial charge in [0.15, 0.2) is 0 Å². The highest BCUT2D eigenvalue weighted by molar-refractivity contribution is 6.07. The lowest BCUT2D eigenvalue weighted by Gasteiger charge is -2.34. The maximum absolute atomic E-state index is 13.5. The molecule has 0 saturated carbocycles. The van der Waals surface area contributed by atoms with Crippen molar-refractivity contribution in [3.63, 3.8) is 0 Å². The summed E-state index contributed by atoms with van der Waals surface area (Å²) in [6, 6.07) is 11.2. The Morgan fingerprint density at radius 1 is 1.22 bits per heavy atom. The summed E-state index contributed by atoms with van der Waals surface area (Å²) in [7, 11) is 3.84. The van der Waals surface area contributed by atoms with Gasteiger partial charge >= 0.3 is 0 Å². The standard InChI is InChI=1S/C24H26N6O2/c1-28(15-17-7-10-25-11-8-17)16-20(31)30-13-9-24(21(30)22-26-12-14-29(22)2)18-5-3-4-6-19(18)27-23(24)32/h3-8,10-12,14,21H,9,13,15-16H2,1-2H3,(H,27,32). The lowest BCUT2D eigenvalue weighted by atomic mass is 9.74. The molecule has 1 fully saturated rings. The molecule has 1 saturated heterocycles. The summed E-state index contributed by atoms with van der Waals surface area (Å²) in [5.41, 5.74) is 2.02. The van der Waals surface area contributed by atoms with E-state index in [4.69, 9.17) is 0 Å². The SMILES string of the molecule is CN(CC(=O)N1CCC2(C(=O)Nc3ccccc32)C1c1nccn1C)Cc1ccncc1. The smallest absolute Gasteiger partial charge is 0.237 e. The van der Waals surface area contributed by atoms with Crippen molar-refractivity contribution in [2.75, 3.05) is 25.5 Å². The van der Waals surface area contributed by atoms with Crippen LogP contribution >= 0.6 is 0 Å². The number of carbonyl (C=O) groups excluding carboxylic acids is 2. The zero-order valence-corrected chi connectivity index (χ0v) is 18.2. The molecule has 1 aromatic carbocycles. The number of amides is 2. The van der Waals surface area contributed by atoms with Crippen LogP contribution in [0.1, 0.15) is 29.4 Å². The molecule has 2 aliphatic rings. The van der Waals surface area contributed by atoms with Gasteiger partial charge in [-0.2, -0.15) is 0 Å². The van der Waals surface area contributed by atoms with E-state index in [0.29, 0.717) is 19.5 Å². The van der Waals surface area contributed by atoms with Gasteiger partial charge in [-0.1, -0.05) is 18.2 Å². The minimum Gasteiger partial charge on any atom is -0.336 e. The summed E-state index contributed by atoms with van der Waals surface area (Å²) in [5, 5.41) is 3.04. The lowest BCUT2D eigenvalue weighted by molar-refractivity contribution is -0.134. The number of hydrogen-bond acceptors (Lipinski definition) is 5. The molecule has 2 aromatic heterocycles. The van der Waals surface area contributed by atoms with Crippen molar-refractivity contribution in [3.05, 3.63) is 78.1 Å². The van der Waals surface area contributed by atoms with Gasteiger partial charge in [-0.15, -0.1) is 0 Å². The fourth-order valence-corrected chi connectivity index (χ4v) is 5.13. The summed E-state index contributed by atoms with van der Waals surface area (Å²) in [6.07, 6.45) is 7.65. The molecule has 2 amide bonds. The third-order valence-corrected chi connectivity index (χ3v) is 6.62. The van der Waals surface area contributed by atoms with Crippen LogP contribution in [0.3, 0.4) is 0 Å². The predicted molar refractivity (Wildman–Crippen MR) is 120 cm³/mol. The Kier molecular flexibility index (Phi) is 5.01. The Morgan fingerprint density at radius 2 is 2.00 bits per heavy atom. The molecule has 2 atom stereocenters. The van der Waals surface area contributed by atoms with Gasteiger partial charge in [-0.3, -0.25) is 19.5 Å². The second-order valence-electron chi connectivity index (χ2n) is 8.63. The second kappa shape index (κ2) is 7.87. The number of para-hydroxylation sites is 1. The second-order valence-corrected chi connectivity index (χ2v) is 8.63. The van der Waals surface area contributed by atoms with Gasteiger partial charge in [0.2, 0.25) is 11.8 Å². The fraction of sp³-hybridized carbons (Fsp3) is 0.333. The van der Waals surface area contributed by atoms with Crippen molar-refractivity contribution in [1.82, 2.24) is 24.3 Å². The molecule has 1 N–H and O–H groups in total. The number of aromatic nitrogens is 3. The van der Waals surface area contributed by atoms with E-state index in [1.807, 2.05) is 71.1 Å². The summed E-state index contributed by atoms with van der Waals surface area (Å²) in [6.45, 7) is 1.40. The summed E-state index contributed by atoms with van der Waals surface area (Å²) in [5.74, 6) is 0.648. The maximum atomic E-state index is 13.5. The van der Waals surface area contributed by atoms with Gasteiger partial charge in [-0.05, 0) is 42.8 Å².